The maximum absolute atomic E-state index is 9.89. The van der Waals surface area contributed by atoms with Crippen molar-refractivity contribution in [3.63, 3.8) is 0 Å². The number of rotatable bonds is 7. The van der Waals surface area contributed by atoms with Crippen LogP contribution in [0.5, 0.6) is 11.5 Å². The molecule has 3 rings (SSSR count). The number of nitrogens with zero attached hydrogens (tertiary/aromatic N) is 2. The molecule has 5 nitrogen and oxygen atoms in total. The van der Waals surface area contributed by atoms with Crippen molar-refractivity contribution in [3.8, 4) is 11.5 Å². The van der Waals surface area contributed by atoms with Gasteiger partial charge in [0.05, 0.1) is 6.61 Å². The summed E-state index contributed by atoms with van der Waals surface area (Å²) in [6.45, 7) is 6.75. The predicted molar refractivity (Wildman–Crippen MR) is 104 cm³/mol. The lowest BCUT2D eigenvalue weighted by Crippen LogP contribution is -2.56. The maximum Gasteiger partial charge on any atom is 0.161 e. The average molecular weight is 363 g/mol. The first-order valence-electron chi connectivity index (χ1n) is 10.2. The maximum atomic E-state index is 9.89. The van der Waals surface area contributed by atoms with Crippen LogP contribution in [0.15, 0.2) is 18.2 Å². The van der Waals surface area contributed by atoms with E-state index in [1.807, 2.05) is 19.1 Å². The number of aliphatic hydroxyl groups is 1. The Bertz CT molecular complexity index is 560. The van der Waals surface area contributed by atoms with Gasteiger partial charge in [0.25, 0.3) is 0 Å². The fourth-order valence-corrected chi connectivity index (χ4v) is 4.56. The zero-order valence-electron chi connectivity index (χ0n) is 16.1. The van der Waals surface area contributed by atoms with Gasteiger partial charge < -0.3 is 14.9 Å². The van der Waals surface area contributed by atoms with Crippen LogP contribution in [0.25, 0.3) is 0 Å². The van der Waals surface area contributed by atoms with Gasteiger partial charge in [-0.15, -0.1) is 0 Å². The molecule has 1 saturated carbocycles. The van der Waals surface area contributed by atoms with Crippen molar-refractivity contribution in [2.24, 2.45) is 0 Å². The van der Waals surface area contributed by atoms with Crippen LogP contribution in [0.1, 0.15) is 51.0 Å². The number of aliphatic hydroxyl groups excluding tert-OH is 1. The SMILES string of the molecule is CCOc1cc(CN2CCN(C3CCCCC3)[C@@H](CCO)C2)ccc1O. The van der Waals surface area contributed by atoms with Gasteiger partial charge in [-0.1, -0.05) is 25.3 Å². The van der Waals surface area contributed by atoms with E-state index in [-0.39, 0.29) is 12.4 Å². The van der Waals surface area contributed by atoms with Crippen LogP contribution in [0.4, 0.5) is 0 Å². The third-order valence-corrected chi connectivity index (χ3v) is 5.85. The molecule has 1 aliphatic carbocycles. The van der Waals surface area contributed by atoms with Gasteiger partial charge in [-0.25, -0.2) is 0 Å². The van der Waals surface area contributed by atoms with Gasteiger partial charge >= 0.3 is 0 Å². The van der Waals surface area contributed by atoms with Gasteiger partial charge in [-0.05, 0) is 43.9 Å². The molecule has 26 heavy (non-hydrogen) atoms. The van der Waals surface area contributed by atoms with Crippen LogP contribution in [0, 0.1) is 0 Å². The van der Waals surface area contributed by atoms with Gasteiger partial charge in [0.15, 0.2) is 11.5 Å². The van der Waals surface area contributed by atoms with E-state index in [1.54, 1.807) is 6.07 Å². The smallest absolute Gasteiger partial charge is 0.161 e. The van der Waals surface area contributed by atoms with Gasteiger partial charge in [0, 0.05) is 44.9 Å². The molecule has 2 N–H and O–H groups in total. The van der Waals surface area contributed by atoms with E-state index in [0.717, 1.165) is 32.6 Å². The van der Waals surface area contributed by atoms with Crippen LogP contribution in [0.2, 0.25) is 0 Å². The summed E-state index contributed by atoms with van der Waals surface area (Å²) in [6, 6.07) is 6.81. The Kier molecular flexibility index (Phi) is 7.17. The molecule has 2 fully saturated rings. The molecule has 5 heteroatoms. The molecule has 0 unspecified atom stereocenters. The standard InChI is InChI=1S/C21H34N2O3/c1-2-26-21-14-17(8-9-20(21)25)15-22-11-12-23(19(16-22)10-13-24)18-6-4-3-5-7-18/h8-9,14,18-19,24-25H,2-7,10-13,15-16H2,1H3/t19-/m0/s1. The summed E-state index contributed by atoms with van der Waals surface area (Å²) in [5.41, 5.74) is 1.17. The molecule has 2 aliphatic rings. The molecule has 1 atom stereocenters. The summed E-state index contributed by atoms with van der Waals surface area (Å²) < 4.78 is 5.51. The molecule has 1 aromatic rings. The minimum absolute atomic E-state index is 0.205. The van der Waals surface area contributed by atoms with Crippen LogP contribution in [0.3, 0.4) is 0 Å². The topological polar surface area (TPSA) is 56.2 Å². The molecule has 1 aliphatic heterocycles. The minimum Gasteiger partial charge on any atom is -0.504 e. The Hall–Kier alpha value is -1.30. The number of ether oxygens (including phenoxy) is 1. The summed E-state index contributed by atoms with van der Waals surface area (Å²) in [5.74, 6) is 0.772. The van der Waals surface area contributed by atoms with E-state index in [2.05, 4.69) is 9.80 Å². The fourth-order valence-electron chi connectivity index (χ4n) is 4.56. The number of piperazine rings is 1. The molecule has 0 spiro atoms. The van der Waals surface area contributed by atoms with Crippen LogP contribution in [-0.2, 0) is 6.54 Å². The van der Waals surface area contributed by atoms with E-state index < -0.39 is 0 Å². The van der Waals surface area contributed by atoms with E-state index in [4.69, 9.17) is 4.74 Å². The fraction of sp³-hybridized carbons (Fsp3) is 0.714. The molecule has 0 aromatic heterocycles. The highest BCUT2D eigenvalue weighted by Gasteiger charge is 2.32. The van der Waals surface area contributed by atoms with Crippen molar-refractivity contribution in [1.82, 2.24) is 9.80 Å². The molecular weight excluding hydrogens is 328 g/mol. The molecule has 0 amide bonds. The Morgan fingerprint density at radius 3 is 2.69 bits per heavy atom. The van der Waals surface area contributed by atoms with Crippen molar-refractivity contribution >= 4 is 0 Å². The second kappa shape index (κ2) is 9.58. The Morgan fingerprint density at radius 2 is 1.96 bits per heavy atom. The first kappa shape index (κ1) is 19.5. The molecule has 0 bridgehead atoms. The minimum atomic E-state index is 0.205. The van der Waals surface area contributed by atoms with Gasteiger partial charge in [0.1, 0.15) is 0 Å². The number of hydrogen-bond acceptors (Lipinski definition) is 5. The average Bonchev–Trinajstić information content (AvgIpc) is 2.66. The van der Waals surface area contributed by atoms with Crippen LogP contribution < -0.4 is 4.74 Å². The van der Waals surface area contributed by atoms with Crippen molar-refractivity contribution in [2.75, 3.05) is 32.8 Å². The summed E-state index contributed by atoms with van der Waals surface area (Å²) >= 11 is 0. The van der Waals surface area contributed by atoms with Crippen molar-refractivity contribution < 1.29 is 14.9 Å². The highest BCUT2D eigenvalue weighted by atomic mass is 16.5. The van der Waals surface area contributed by atoms with E-state index in [1.165, 1.54) is 37.7 Å². The normalized spacial score (nSPS) is 23.2. The summed E-state index contributed by atoms with van der Waals surface area (Å²) in [4.78, 5) is 5.15. The second-order valence-electron chi connectivity index (χ2n) is 7.67. The number of hydrogen-bond donors (Lipinski definition) is 2. The van der Waals surface area contributed by atoms with Crippen molar-refractivity contribution in [2.45, 2.75) is 64.1 Å². The Labute approximate surface area is 157 Å². The lowest BCUT2D eigenvalue weighted by Gasteiger charge is -2.46. The van der Waals surface area contributed by atoms with Gasteiger partial charge in [0.2, 0.25) is 0 Å². The molecule has 146 valence electrons. The number of aromatic hydroxyl groups is 1. The third-order valence-electron chi connectivity index (χ3n) is 5.85. The zero-order chi connectivity index (χ0) is 18.4. The number of phenolic OH excluding ortho intramolecular Hbond substituents is 1. The Balaban J connectivity index is 1.62. The number of benzene rings is 1. The lowest BCUT2D eigenvalue weighted by molar-refractivity contribution is 0.0136. The zero-order valence-corrected chi connectivity index (χ0v) is 16.1. The largest absolute Gasteiger partial charge is 0.504 e. The monoisotopic (exact) mass is 362 g/mol. The van der Waals surface area contributed by atoms with E-state index >= 15 is 0 Å². The Morgan fingerprint density at radius 1 is 1.15 bits per heavy atom. The highest BCUT2D eigenvalue weighted by Crippen LogP contribution is 2.29. The summed E-state index contributed by atoms with van der Waals surface area (Å²) in [5, 5.41) is 19.4. The van der Waals surface area contributed by atoms with Gasteiger partial charge in [-0.3, -0.25) is 9.80 Å². The molecule has 1 heterocycles. The third kappa shape index (κ3) is 4.90. The molecule has 1 aromatic carbocycles. The summed E-state index contributed by atoms with van der Waals surface area (Å²) in [6.07, 6.45) is 7.57. The summed E-state index contributed by atoms with van der Waals surface area (Å²) in [7, 11) is 0. The predicted octanol–water partition coefficient (Wildman–Crippen LogP) is 2.99. The molecule has 1 saturated heterocycles. The quantitative estimate of drug-likeness (QED) is 0.781. The first-order valence-corrected chi connectivity index (χ1v) is 10.2. The molecular formula is C21H34N2O3. The first-order chi connectivity index (χ1) is 12.7. The van der Waals surface area contributed by atoms with E-state index in [0.29, 0.717) is 24.4 Å². The molecule has 0 radical (unpaired) electrons. The van der Waals surface area contributed by atoms with Crippen LogP contribution >= 0.6 is 0 Å². The lowest BCUT2D eigenvalue weighted by atomic mass is 9.91. The van der Waals surface area contributed by atoms with E-state index in [9.17, 15) is 10.2 Å². The van der Waals surface area contributed by atoms with Crippen molar-refractivity contribution in [3.05, 3.63) is 23.8 Å². The second-order valence-corrected chi connectivity index (χ2v) is 7.67. The van der Waals surface area contributed by atoms with Crippen molar-refractivity contribution in [1.29, 1.82) is 0 Å². The number of phenols is 1. The van der Waals surface area contributed by atoms with Gasteiger partial charge in [-0.2, -0.15) is 0 Å². The van der Waals surface area contributed by atoms with Crippen LogP contribution in [-0.4, -0.2) is 64.9 Å². The highest BCUT2D eigenvalue weighted by molar-refractivity contribution is 5.41.